The lowest BCUT2D eigenvalue weighted by Crippen LogP contribution is -2.44. The summed E-state index contributed by atoms with van der Waals surface area (Å²) in [4.78, 5) is 18.6. The van der Waals surface area contributed by atoms with Gasteiger partial charge in [0, 0.05) is 36.8 Å². The summed E-state index contributed by atoms with van der Waals surface area (Å²) in [6, 6.07) is 10.8. The number of hydrogen-bond donors (Lipinski definition) is 1. The van der Waals surface area contributed by atoms with E-state index in [4.69, 9.17) is 34.8 Å². The fourth-order valence-electron chi connectivity index (χ4n) is 5.72. The van der Waals surface area contributed by atoms with E-state index in [9.17, 15) is 10.0 Å². The molecule has 1 aromatic heterocycles. The number of rotatable bonds is 5. The molecule has 2 aromatic carbocycles. The van der Waals surface area contributed by atoms with Crippen molar-refractivity contribution in [3.05, 3.63) is 78.5 Å². The molecule has 5 rings (SSSR count). The summed E-state index contributed by atoms with van der Waals surface area (Å²) < 4.78 is 1.21. The van der Waals surface area contributed by atoms with Crippen molar-refractivity contribution in [1.29, 1.82) is 0 Å². The molecule has 0 saturated carbocycles. The Bertz CT molecular complexity index is 1300. The number of benzene rings is 2. The first-order chi connectivity index (χ1) is 16.8. The largest absolute Gasteiger partial charge is 0.428 e. The highest BCUT2D eigenvalue weighted by Gasteiger charge is 2.33. The predicted molar refractivity (Wildman–Crippen MR) is 144 cm³/mol. The topological polar surface area (TPSA) is 48.7 Å². The Morgan fingerprint density at radius 2 is 1.77 bits per heavy atom. The highest BCUT2D eigenvalue weighted by molar-refractivity contribution is 6.42. The lowest BCUT2D eigenvalue weighted by Gasteiger charge is -2.34. The van der Waals surface area contributed by atoms with Crippen LogP contribution in [0.25, 0.3) is 10.9 Å². The molecule has 2 aliphatic rings. The van der Waals surface area contributed by atoms with Gasteiger partial charge in [-0.25, -0.2) is 0 Å². The van der Waals surface area contributed by atoms with Crippen molar-refractivity contribution in [2.45, 2.75) is 37.5 Å². The highest BCUT2D eigenvalue weighted by atomic mass is 35.5. The molecule has 1 aliphatic carbocycles. The van der Waals surface area contributed by atoms with E-state index in [1.807, 2.05) is 18.2 Å². The smallest absolute Gasteiger partial charge is 0.193 e. The first-order valence-corrected chi connectivity index (χ1v) is 13.4. The second kappa shape index (κ2) is 10.3. The molecule has 186 valence electrons. The van der Waals surface area contributed by atoms with Gasteiger partial charge in [0.25, 0.3) is 0 Å². The normalized spacial score (nSPS) is 21.4. The highest BCUT2D eigenvalue weighted by Crippen LogP contribution is 2.42. The van der Waals surface area contributed by atoms with E-state index in [1.165, 1.54) is 4.73 Å². The van der Waals surface area contributed by atoms with E-state index >= 15 is 0 Å². The first-order valence-electron chi connectivity index (χ1n) is 12.2. The average molecular weight is 535 g/mol. The van der Waals surface area contributed by atoms with E-state index in [1.54, 1.807) is 18.2 Å². The van der Waals surface area contributed by atoms with E-state index in [0.29, 0.717) is 38.1 Å². The van der Waals surface area contributed by atoms with Crippen molar-refractivity contribution in [3.8, 4) is 0 Å². The molecule has 1 N–H and O–H groups in total. The van der Waals surface area contributed by atoms with Gasteiger partial charge in [-0.1, -0.05) is 40.9 Å². The van der Waals surface area contributed by atoms with Gasteiger partial charge < -0.3 is 15.0 Å². The van der Waals surface area contributed by atoms with Gasteiger partial charge >= 0.3 is 0 Å². The van der Waals surface area contributed by atoms with Gasteiger partial charge in [-0.05, 0) is 87.0 Å². The van der Waals surface area contributed by atoms with E-state index < -0.39 is 0 Å². The predicted octanol–water partition coefficient (Wildman–Crippen LogP) is 6.04. The Morgan fingerprint density at radius 3 is 2.51 bits per heavy atom. The molecule has 8 heteroatoms. The summed E-state index contributed by atoms with van der Waals surface area (Å²) >= 11 is 18.7. The van der Waals surface area contributed by atoms with Gasteiger partial charge in [0.15, 0.2) is 5.43 Å². The van der Waals surface area contributed by atoms with Crippen LogP contribution in [0.1, 0.15) is 47.9 Å². The van der Waals surface area contributed by atoms with Crippen LogP contribution in [0.15, 0.2) is 41.2 Å². The lowest BCUT2D eigenvalue weighted by atomic mass is 9.74. The van der Waals surface area contributed by atoms with Gasteiger partial charge in [0.2, 0.25) is 0 Å². The molecule has 3 aromatic rings. The third-order valence-corrected chi connectivity index (χ3v) is 8.67. The number of pyridine rings is 1. The third-order valence-electron chi connectivity index (χ3n) is 7.70. The standard InChI is InChI=1S/C27H30Cl3N3O2/c1-31-9-11-32(12-10-31)8-2-3-18-13-19(17-4-6-22(29)23(30)14-17)15-25-26(18)27(34)21-16-20(28)5-7-24(21)33(25)35/h4-7,14,16,18-19,35H,2-3,8-13,15H2,1H3. The van der Waals surface area contributed by atoms with E-state index in [0.717, 1.165) is 63.1 Å². The summed E-state index contributed by atoms with van der Waals surface area (Å²) in [5.41, 5.74) is 2.98. The van der Waals surface area contributed by atoms with Crippen LogP contribution in [-0.2, 0) is 6.42 Å². The van der Waals surface area contributed by atoms with Gasteiger partial charge in [0.1, 0.15) is 0 Å². The van der Waals surface area contributed by atoms with Crippen molar-refractivity contribution >= 4 is 45.7 Å². The van der Waals surface area contributed by atoms with Crippen LogP contribution in [0.4, 0.5) is 0 Å². The van der Waals surface area contributed by atoms with Crippen molar-refractivity contribution in [2.24, 2.45) is 0 Å². The third kappa shape index (κ3) is 5.07. The van der Waals surface area contributed by atoms with Crippen LogP contribution in [0, 0.1) is 0 Å². The van der Waals surface area contributed by atoms with E-state index in [2.05, 4.69) is 16.8 Å². The monoisotopic (exact) mass is 533 g/mol. The number of fused-ring (bicyclic) bond motifs is 2. The van der Waals surface area contributed by atoms with Crippen LogP contribution in [0.5, 0.6) is 0 Å². The summed E-state index contributed by atoms with van der Waals surface area (Å²) in [7, 11) is 2.16. The van der Waals surface area contributed by atoms with Crippen molar-refractivity contribution < 1.29 is 5.21 Å². The van der Waals surface area contributed by atoms with Gasteiger partial charge in [-0.2, -0.15) is 4.73 Å². The summed E-state index contributed by atoms with van der Waals surface area (Å²) in [6.07, 6.45) is 3.28. The summed E-state index contributed by atoms with van der Waals surface area (Å²) in [6.45, 7) is 5.36. The Hall–Kier alpha value is -1.76. The van der Waals surface area contributed by atoms with Crippen LogP contribution in [-0.4, -0.2) is 59.5 Å². The number of halogens is 3. The van der Waals surface area contributed by atoms with Crippen molar-refractivity contribution in [2.75, 3.05) is 39.8 Å². The SMILES string of the molecule is CN1CCN(CCCC2CC(c3ccc(Cl)c(Cl)c3)Cc3c2c(=O)c2cc(Cl)ccc2n3O)CC1. The zero-order valence-corrected chi connectivity index (χ0v) is 22.1. The lowest BCUT2D eigenvalue weighted by molar-refractivity contribution is 0.150. The second-order valence-electron chi connectivity index (χ2n) is 9.96. The molecular weight excluding hydrogens is 505 g/mol. The zero-order valence-electron chi connectivity index (χ0n) is 19.8. The number of likely N-dealkylation sites (N-methyl/N-ethyl adjacent to an activating group) is 1. The average Bonchev–Trinajstić information content (AvgIpc) is 2.85. The van der Waals surface area contributed by atoms with E-state index in [-0.39, 0.29) is 17.3 Å². The summed E-state index contributed by atoms with van der Waals surface area (Å²) in [5.74, 6) is 0.174. The molecule has 2 unspecified atom stereocenters. The quantitative estimate of drug-likeness (QED) is 0.406. The van der Waals surface area contributed by atoms with Crippen LogP contribution >= 0.6 is 34.8 Å². The number of nitrogens with zero attached hydrogens (tertiary/aromatic N) is 3. The van der Waals surface area contributed by atoms with Crippen molar-refractivity contribution in [1.82, 2.24) is 14.5 Å². The molecule has 1 aliphatic heterocycles. The fraction of sp³-hybridized carbons (Fsp3) is 0.444. The Labute approximate surface area is 220 Å². The molecule has 35 heavy (non-hydrogen) atoms. The Morgan fingerprint density at radius 1 is 1.00 bits per heavy atom. The maximum Gasteiger partial charge on any atom is 0.193 e. The Kier molecular flexibility index (Phi) is 7.34. The number of piperazine rings is 1. The van der Waals surface area contributed by atoms with Crippen LogP contribution in [0.3, 0.4) is 0 Å². The molecular formula is C27H30Cl3N3O2. The molecule has 2 atom stereocenters. The van der Waals surface area contributed by atoms with Crippen LogP contribution in [0.2, 0.25) is 15.1 Å². The van der Waals surface area contributed by atoms with Gasteiger partial charge in [-0.3, -0.25) is 4.79 Å². The molecule has 1 saturated heterocycles. The van der Waals surface area contributed by atoms with Gasteiger partial charge in [-0.15, -0.1) is 0 Å². The molecule has 0 bridgehead atoms. The second-order valence-corrected chi connectivity index (χ2v) is 11.2. The molecule has 5 nitrogen and oxygen atoms in total. The molecule has 0 amide bonds. The molecule has 2 heterocycles. The van der Waals surface area contributed by atoms with Gasteiger partial charge in [0.05, 0.1) is 26.6 Å². The number of hydrogen-bond acceptors (Lipinski definition) is 4. The maximum absolute atomic E-state index is 13.7. The Balaban J connectivity index is 1.49. The molecule has 0 spiro atoms. The minimum atomic E-state index is -0.0139. The first kappa shape index (κ1) is 24.9. The van der Waals surface area contributed by atoms with Crippen molar-refractivity contribution in [3.63, 3.8) is 0 Å². The molecule has 1 fully saturated rings. The zero-order chi connectivity index (χ0) is 24.7. The fourth-order valence-corrected chi connectivity index (χ4v) is 6.20. The minimum absolute atomic E-state index is 0.0139. The number of aromatic nitrogens is 1. The minimum Gasteiger partial charge on any atom is -0.428 e. The maximum atomic E-state index is 13.7. The molecule has 0 radical (unpaired) electrons. The summed E-state index contributed by atoms with van der Waals surface area (Å²) in [5, 5.41) is 13.2. The van der Waals surface area contributed by atoms with Crippen LogP contribution < -0.4 is 5.43 Å².